The van der Waals surface area contributed by atoms with E-state index < -0.39 is 29.6 Å². The highest BCUT2D eigenvalue weighted by Gasteiger charge is 2.42. The minimum absolute atomic E-state index is 0.0297. The molecule has 0 spiro atoms. The van der Waals surface area contributed by atoms with Crippen molar-refractivity contribution >= 4 is 29.1 Å². The molecule has 9 nitrogen and oxygen atoms in total. The molecule has 1 aromatic carbocycles. The molecule has 0 amide bonds. The third-order valence-corrected chi connectivity index (χ3v) is 7.89. The third kappa shape index (κ3) is 5.33. The number of aliphatic carboxylic acids is 1. The fraction of sp³-hybridized carbons (Fsp3) is 0.462. The molecule has 1 aromatic heterocycles. The summed E-state index contributed by atoms with van der Waals surface area (Å²) in [5, 5.41) is 14.9. The molecule has 3 aliphatic rings. The van der Waals surface area contributed by atoms with Gasteiger partial charge >= 0.3 is 11.9 Å². The first kappa shape index (κ1) is 26.4. The van der Waals surface area contributed by atoms with Crippen molar-refractivity contribution in [3.05, 3.63) is 63.3 Å². The maximum absolute atomic E-state index is 15.1. The predicted octanol–water partition coefficient (Wildman–Crippen LogP) is 3.28. The van der Waals surface area contributed by atoms with Gasteiger partial charge in [-0.15, -0.1) is 11.3 Å². The van der Waals surface area contributed by atoms with Crippen molar-refractivity contribution in [1.29, 1.82) is 0 Å². The Bertz CT molecular complexity index is 1250. The average Bonchev–Trinajstić information content (AvgIpc) is 3.41. The summed E-state index contributed by atoms with van der Waals surface area (Å²) >= 11 is 1.32. The maximum atomic E-state index is 15.1. The molecular weight excluding hydrogens is 518 g/mol. The second kappa shape index (κ2) is 11.3. The van der Waals surface area contributed by atoms with Crippen LogP contribution < -0.4 is 5.32 Å². The Hall–Kier alpha value is -3.22. The van der Waals surface area contributed by atoms with Gasteiger partial charge in [0.2, 0.25) is 0 Å². The first-order chi connectivity index (χ1) is 18.4. The Morgan fingerprint density at radius 3 is 2.68 bits per heavy atom. The molecule has 0 radical (unpaired) electrons. The highest BCUT2D eigenvalue weighted by molar-refractivity contribution is 7.11. The van der Waals surface area contributed by atoms with Crippen molar-refractivity contribution in [3.63, 3.8) is 0 Å². The van der Waals surface area contributed by atoms with Crippen LogP contribution in [0.5, 0.6) is 0 Å². The minimum Gasteiger partial charge on any atom is -0.481 e. The Labute approximate surface area is 222 Å². The van der Waals surface area contributed by atoms with Crippen molar-refractivity contribution in [2.24, 2.45) is 10.9 Å². The minimum atomic E-state index is -1.15. The van der Waals surface area contributed by atoms with E-state index in [0.29, 0.717) is 42.6 Å². The molecule has 2 N–H and O–H groups in total. The Morgan fingerprint density at radius 1 is 1.26 bits per heavy atom. The van der Waals surface area contributed by atoms with E-state index in [0.717, 1.165) is 6.07 Å². The van der Waals surface area contributed by atoms with Gasteiger partial charge < -0.3 is 19.9 Å². The van der Waals surface area contributed by atoms with Crippen LogP contribution in [-0.2, 0) is 19.1 Å². The van der Waals surface area contributed by atoms with Gasteiger partial charge in [-0.1, -0.05) is 12.1 Å². The highest BCUT2D eigenvalue weighted by atomic mass is 32.1. The number of halogens is 2. The summed E-state index contributed by atoms with van der Waals surface area (Å²) in [5.41, 5.74) is 0.485. The second-order valence-corrected chi connectivity index (χ2v) is 10.4. The molecule has 0 aliphatic carbocycles. The first-order valence-corrected chi connectivity index (χ1v) is 13.4. The van der Waals surface area contributed by atoms with Gasteiger partial charge in [-0.2, -0.15) is 0 Å². The number of fused-ring (bicyclic) bond motifs is 2. The number of aromatic nitrogens is 1. The summed E-state index contributed by atoms with van der Waals surface area (Å²) in [6.07, 6.45) is 2.99. The summed E-state index contributed by atoms with van der Waals surface area (Å²) in [6.45, 7) is 2.90. The molecule has 2 saturated heterocycles. The number of benzene rings is 1. The molecule has 5 rings (SSSR count). The van der Waals surface area contributed by atoms with Crippen LogP contribution in [0.2, 0.25) is 0 Å². The van der Waals surface area contributed by atoms with Gasteiger partial charge in [0.05, 0.1) is 25.4 Å². The molecule has 3 aliphatic heterocycles. The lowest BCUT2D eigenvalue weighted by atomic mass is 9.82. The average molecular weight is 547 g/mol. The van der Waals surface area contributed by atoms with Gasteiger partial charge in [0, 0.05) is 47.9 Å². The van der Waals surface area contributed by atoms with E-state index in [9.17, 15) is 19.1 Å². The van der Waals surface area contributed by atoms with E-state index in [4.69, 9.17) is 9.47 Å². The van der Waals surface area contributed by atoms with E-state index in [1.165, 1.54) is 23.5 Å². The number of hydrogen-bond donors (Lipinski definition) is 2. The van der Waals surface area contributed by atoms with E-state index in [1.54, 1.807) is 18.5 Å². The van der Waals surface area contributed by atoms with Crippen molar-refractivity contribution in [1.82, 2.24) is 15.2 Å². The van der Waals surface area contributed by atoms with Gasteiger partial charge in [-0.25, -0.2) is 18.6 Å². The predicted molar refractivity (Wildman–Crippen MR) is 135 cm³/mol. The summed E-state index contributed by atoms with van der Waals surface area (Å²) in [6, 6.07) is 2.54. The maximum Gasteiger partial charge on any atom is 0.338 e. The van der Waals surface area contributed by atoms with Crippen LogP contribution in [-0.4, -0.2) is 71.2 Å². The number of piperidine rings is 1. The van der Waals surface area contributed by atoms with Gasteiger partial charge in [0.1, 0.15) is 6.04 Å². The van der Waals surface area contributed by atoms with Crippen LogP contribution >= 0.6 is 11.3 Å². The number of ether oxygens (including phenoxy) is 2. The zero-order chi connectivity index (χ0) is 26.8. The number of rotatable bonds is 8. The largest absolute Gasteiger partial charge is 0.481 e. The number of nitrogens with zero attached hydrogens (tertiary/aromatic N) is 3. The number of nitrogens with one attached hydrogen (secondary N) is 1. The van der Waals surface area contributed by atoms with Crippen molar-refractivity contribution < 1.29 is 33.0 Å². The summed E-state index contributed by atoms with van der Waals surface area (Å²) in [4.78, 5) is 35.8. The number of esters is 1. The number of thiazole rings is 1. The van der Waals surface area contributed by atoms with Crippen LogP contribution in [0.15, 0.2) is 46.0 Å². The number of carboxylic acids is 1. The molecule has 202 valence electrons. The third-order valence-electron chi connectivity index (χ3n) is 7.11. The van der Waals surface area contributed by atoms with Gasteiger partial charge in [0.25, 0.3) is 0 Å². The van der Waals surface area contributed by atoms with Crippen molar-refractivity contribution in [2.75, 3.05) is 26.4 Å². The fourth-order valence-corrected chi connectivity index (χ4v) is 6.12. The quantitative estimate of drug-likeness (QED) is 0.485. The van der Waals surface area contributed by atoms with Crippen molar-refractivity contribution in [2.45, 2.75) is 44.3 Å². The number of carbonyl (C=O) groups excluding carboxylic acids is 1. The number of hydrogen-bond acceptors (Lipinski definition) is 9. The summed E-state index contributed by atoms with van der Waals surface area (Å²) < 4.78 is 40.5. The monoisotopic (exact) mass is 546 g/mol. The Kier molecular flexibility index (Phi) is 7.82. The van der Waals surface area contributed by atoms with E-state index in [2.05, 4.69) is 20.2 Å². The van der Waals surface area contributed by atoms with Crippen LogP contribution in [0, 0.1) is 17.6 Å². The van der Waals surface area contributed by atoms with Crippen LogP contribution in [0.3, 0.4) is 0 Å². The summed E-state index contributed by atoms with van der Waals surface area (Å²) in [5.74, 6) is -3.24. The molecule has 4 heterocycles. The van der Waals surface area contributed by atoms with Crippen LogP contribution in [0.1, 0.15) is 42.8 Å². The van der Waals surface area contributed by atoms with Gasteiger partial charge in [0.15, 0.2) is 22.5 Å². The summed E-state index contributed by atoms with van der Waals surface area (Å²) in [7, 11) is 0. The topological polar surface area (TPSA) is 113 Å². The zero-order valence-corrected chi connectivity index (χ0v) is 21.5. The number of aliphatic imine (C=N–C) groups is 1. The molecule has 2 fully saturated rings. The standard InChI is InChI=1S/C26H28F2N4O5S/c1-2-37-26(35)21-19(11-32-15-8-14(10-20(33)34)9-16(32)13-36-12-15)30-24(25-29-6-7-38-25)31-23(21)17-4-3-5-18(27)22(17)28/h3-7,14-16,23H,2,8-13H2,1H3,(H,30,31)(H,33,34)/t14-,15+,16-,23-/m0/s1. The Balaban J connectivity index is 1.56. The van der Waals surface area contributed by atoms with E-state index >= 15 is 4.39 Å². The lowest BCUT2D eigenvalue weighted by Gasteiger charge is -2.49. The molecule has 2 bridgehead atoms. The molecule has 12 heteroatoms. The molecule has 2 aromatic rings. The van der Waals surface area contributed by atoms with E-state index in [-0.39, 0.29) is 48.7 Å². The van der Waals surface area contributed by atoms with Crippen LogP contribution in [0.25, 0.3) is 0 Å². The number of morpholine rings is 1. The molecule has 0 unspecified atom stereocenters. The SMILES string of the molecule is CCOC(=O)C1=C(CN2[C@@H]3COC[C@H]2C[C@H](CC(=O)O)C3)NC(c2nccs2)=N[C@H]1c1cccc(F)c1F. The molecular formula is C26H28F2N4O5S. The van der Waals surface area contributed by atoms with Gasteiger partial charge in [-0.05, 0) is 31.7 Å². The molecule has 38 heavy (non-hydrogen) atoms. The molecule has 4 atom stereocenters. The lowest BCUT2D eigenvalue weighted by Crippen LogP contribution is -2.58. The first-order valence-electron chi connectivity index (χ1n) is 12.5. The van der Waals surface area contributed by atoms with Crippen LogP contribution in [0.4, 0.5) is 8.78 Å². The number of amidine groups is 1. The zero-order valence-electron chi connectivity index (χ0n) is 20.7. The second-order valence-electron chi connectivity index (χ2n) is 9.55. The molecule has 0 saturated carbocycles. The number of carbonyl (C=O) groups is 2. The number of carboxylic acid groups (broad SMARTS) is 1. The normalized spacial score (nSPS) is 25.5. The fourth-order valence-electron chi connectivity index (χ4n) is 5.53. The van der Waals surface area contributed by atoms with Gasteiger partial charge in [-0.3, -0.25) is 14.7 Å². The Morgan fingerprint density at radius 2 is 2.03 bits per heavy atom. The van der Waals surface area contributed by atoms with Crippen molar-refractivity contribution in [3.8, 4) is 0 Å². The smallest absolute Gasteiger partial charge is 0.338 e. The van der Waals surface area contributed by atoms with E-state index in [1.807, 2.05) is 0 Å². The lowest BCUT2D eigenvalue weighted by molar-refractivity contribution is -0.141. The highest BCUT2D eigenvalue weighted by Crippen LogP contribution is 2.38.